The molecule has 29 heavy (non-hydrogen) atoms. The highest BCUT2D eigenvalue weighted by Crippen LogP contribution is 2.17. The molecule has 0 aromatic heterocycles. The lowest BCUT2D eigenvalue weighted by Gasteiger charge is -2.33. The van der Waals surface area contributed by atoms with Crippen LogP contribution in [0.2, 0.25) is 0 Å². The highest BCUT2D eigenvalue weighted by molar-refractivity contribution is 7.88. The van der Waals surface area contributed by atoms with Crippen LogP contribution in [-0.2, 0) is 20.6 Å². The van der Waals surface area contributed by atoms with Crippen LogP contribution < -0.4 is 10.6 Å². The summed E-state index contributed by atoms with van der Waals surface area (Å²) in [5, 5.41) is 5.25. The molecule has 1 aliphatic heterocycles. The molecular weight excluding hydrogens is 392 g/mol. The smallest absolute Gasteiger partial charge is 0.321 e. The molecule has 0 bridgehead atoms. The average molecular weight is 423 g/mol. The van der Waals surface area contributed by atoms with Crippen LogP contribution in [0.25, 0.3) is 0 Å². The molecule has 1 aromatic rings. The van der Waals surface area contributed by atoms with E-state index in [1.165, 1.54) is 10.7 Å². The number of imide groups is 1. The molecule has 1 heterocycles. The summed E-state index contributed by atoms with van der Waals surface area (Å²) in [7, 11) is -3.38. The molecule has 0 radical (unpaired) electrons. The van der Waals surface area contributed by atoms with E-state index < -0.39 is 16.1 Å². The van der Waals surface area contributed by atoms with E-state index >= 15 is 0 Å². The van der Waals surface area contributed by atoms with Gasteiger partial charge in [0.15, 0.2) is 0 Å². The van der Waals surface area contributed by atoms with Gasteiger partial charge in [0.1, 0.15) is 0 Å². The zero-order valence-corrected chi connectivity index (χ0v) is 17.5. The van der Waals surface area contributed by atoms with E-state index in [1.807, 2.05) is 23.1 Å². The molecule has 1 aliphatic carbocycles. The second-order valence-corrected chi connectivity index (χ2v) is 9.74. The van der Waals surface area contributed by atoms with Crippen LogP contribution in [0.15, 0.2) is 30.3 Å². The first-order valence-electron chi connectivity index (χ1n) is 10.3. The number of amides is 3. The number of sulfonamides is 1. The third-order valence-corrected chi connectivity index (χ3v) is 7.33. The Morgan fingerprint density at radius 2 is 1.62 bits per heavy atom. The molecule has 1 saturated carbocycles. The Morgan fingerprint density at radius 3 is 2.28 bits per heavy atom. The quantitative estimate of drug-likeness (QED) is 0.720. The van der Waals surface area contributed by atoms with E-state index in [2.05, 4.69) is 10.6 Å². The van der Waals surface area contributed by atoms with E-state index in [4.69, 9.17) is 0 Å². The summed E-state index contributed by atoms with van der Waals surface area (Å²) in [5.41, 5.74) is 0.762. The van der Waals surface area contributed by atoms with Crippen molar-refractivity contribution in [1.82, 2.24) is 19.8 Å². The summed E-state index contributed by atoms with van der Waals surface area (Å²) >= 11 is 0. The standard InChI is InChI=1S/C20H30N4O4S/c25-19(22-20(26)21-18-9-5-2-6-10-18)15-23-11-13-24(14-12-23)29(27,28)16-17-7-3-1-4-8-17/h1,3-4,7-8,18H,2,5-6,9-16H2,(H2,21,22,25,26). The zero-order valence-electron chi connectivity index (χ0n) is 16.7. The van der Waals surface area contributed by atoms with Crippen LogP contribution in [0, 0.1) is 0 Å². The Bertz CT molecular complexity index is 786. The molecule has 9 heteroatoms. The second-order valence-electron chi connectivity index (χ2n) is 7.77. The van der Waals surface area contributed by atoms with Crippen molar-refractivity contribution < 1.29 is 18.0 Å². The Balaban J connectivity index is 1.39. The van der Waals surface area contributed by atoms with E-state index in [0.717, 1.165) is 31.2 Å². The molecule has 1 aromatic carbocycles. The number of carbonyl (C=O) groups is 2. The van der Waals surface area contributed by atoms with Gasteiger partial charge < -0.3 is 5.32 Å². The number of piperazine rings is 1. The molecule has 2 aliphatic rings. The summed E-state index contributed by atoms with van der Waals surface area (Å²) in [6, 6.07) is 8.82. The van der Waals surface area contributed by atoms with Gasteiger partial charge in [0, 0.05) is 32.2 Å². The van der Waals surface area contributed by atoms with Crippen molar-refractivity contribution in [3.8, 4) is 0 Å². The van der Waals surface area contributed by atoms with Crippen molar-refractivity contribution in [2.45, 2.75) is 43.9 Å². The molecule has 1 saturated heterocycles. The summed E-state index contributed by atoms with van der Waals surface area (Å²) in [4.78, 5) is 26.0. The number of nitrogens with zero attached hydrogens (tertiary/aromatic N) is 2. The van der Waals surface area contributed by atoms with Crippen molar-refractivity contribution in [3.63, 3.8) is 0 Å². The first-order valence-corrected chi connectivity index (χ1v) is 11.9. The SMILES string of the molecule is O=C(CN1CCN(S(=O)(=O)Cc2ccccc2)CC1)NC(=O)NC1CCCCC1. The topological polar surface area (TPSA) is 98.8 Å². The van der Waals surface area contributed by atoms with Gasteiger partial charge in [0.2, 0.25) is 15.9 Å². The highest BCUT2D eigenvalue weighted by Gasteiger charge is 2.28. The average Bonchev–Trinajstić information content (AvgIpc) is 2.69. The van der Waals surface area contributed by atoms with Gasteiger partial charge in [-0.2, -0.15) is 4.31 Å². The number of rotatable bonds is 6. The fraction of sp³-hybridized carbons (Fsp3) is 0.600. The van der Waals surface area contributed by atoms with Crippen LogP contribution in [0.1, 0.15) is 37.7 Å². The highest BCUT2D eigenvalue weighted by atomic mass is 32.2. The minimum Gasteiger partial charge on any atom is -0.335 e. The molecular formula is C20H30N4O4S. The third kappa shape index (κ3) is 6.80. The monoisotopic (exact) mass is 422 g/mol. The van der Waals surface area contributed by atoms with Crippen molar-refractivity contribution in [1.29, 1.82) is 0 Å². The molecule has 160 valence electrons. The summed E-state index contributed by atoms with van der Waals surface area (Å²) in [5.74, 6) is -0.380. The first kappa shape index (κ1) is 21.7. The van der Waals surface area contributed by atoms with E-state index in [-0.39, 0.29) is 24.2 Å². The minimum absolute atomic E-state index is 0.0182. The maximum absolute atomic E-state index is 12.6. The third-order valence-electron chi connectivity index (χ3n) is 5.48. The minimum atomic E-state index is -3.38. The lowest BCUT2D eigenvalue weighted by Crippen LogP contribution is -2.53. The molecule has 0 spiro atoms. The van der Waals surface area contributed by atoms with Gasteiger partial charge in [-0.25, -0.2) is 13.2 Å². The summed E-state index contributed by atoms with van der Waals surface area (Å²) in [6.45, 7) is 1.70. The van der Waals surface area contributed by atoms with Gasteiger partial charge in [-0.05, 0) is 18.4 Å². The molecule has 2 fully saturated rings. The predicted octanol–water partition coefficient (Wildman–Crippen LogP) is 1.29. The normalized spacial score (nSPS) is 19.6. The van der Waals surface area contributed by atoms with Gasteiger partial charge in [-0.3, -0.25) is 15.0 Å². The van der Waals surface area contributed by atoms with Crippen LogP contribution >= 0.6 is 0 Å². The Morgan fingerprint density at radius 1 is 0.966 bits per heavy atom. The van der Waals surface area contributed by atoms with E-state index in [9.17, 15) is 18.0 Å². The van der Waals surface area contributed by atoms with Crippen LogP contribution in [0.4, 0.5) is 4.79 Å². The number of carbonyl (C=O) groups excluding carboxylic acids is 2. The first-order chi connectivity index (χ1) is 13.9. The van der Waals surface area contributed by atoms with Gasteiger partial charge in [-0.1, -0.05) is 49.6 Å². The predicted molar refractivity (Wildman–Crippen MR) is 111 cm³/mol. The number of urea groups is 1. The fourth-order valence-corrected chi connectivity index (χ4v) is 5.40. The van der Waals surface area contributed by atoms with Crippen LogP contribution in [0.3, 0.4) is 0 Å². The molecule has 0 unspecified atom stereocenters. The van der Waals surface area contributed by atoms with Crippen molar-refractivity contribution >= 4 is 22.0 Å². The number of hydrogen-bond donors (Lipinski definition) is 2. The van der Waals surface area contributed by atoms with Crippen molar-refractivity contribution in [2.24, 2.45) is 0 Å². The van der Waals surface area contributed by atoms with Crippen molar-refractivity contribution in [2.75, 3.05) is 32.7 Å². The maximum atomic E-state index is 12.6. The fourth-order valence-electron chi connectivity index (χ4n) is 3.88. The molecule has 3 rings (SSSR count). The Kier molecular flexibility index (Phi) is 7.63. The number of benzene rings is 1. The van der Waals surface area contributed by atoms with Crippen LogP contribution in [0.5, 0.6) is 0 Å². The van der Waals surface area contributed by atoms with Gasteiger partial charge >= 0.3 is 6.03 Å². The molecule has 8 nitrogen and oxygen atoms in total. The van der Waals surface area contributed by atoms with E-state index in [1.54, 1.807) is 12.1 Å². The van der Waals surface area contributed by atoms with E-state index in [0.29, 0.717) is 26.2 Å². The van der Waals surface area contributed by atoms with Gasteiger partial charge in [0.05, 0.1) is 12.3 Å². The number of nitrogens with one attached hydrogen (secondary N) is 2. The van der Waals surface area contributed by atoms with Crippen LogP contribution in [-0.4, -0.2) is 68.3 Å². The Labute approximate surface area is 172 Å². The summed E-state index contributed by atoms with van der Waals surface area (Å²) < 4.78 is 26.7. The molecule has 2 N–H and O–H groups in total. The lowest BCUT2D eigenvalue weighted by molar-refractivity contribution is -0.121. The zero-order chi connectivity index (χ0) is 20.7. The Hall–Kier alpha value is -1.97. The lowest BCUT2D eigenvalue weighted by atomic mass is 9.96. The largest absolute Gasteiger partial charge is 0.335 e. The molecule has 3 amide bonds. The van der Waals surface area contributed by atoms with Gasteiger partial charge in [-0.15, -0.1) is 0 Å². The summed E-state index contributed by atoms with van der Waals surface area (Å²) in [6.07, 6.45) is 5.33. The van der Waals surface area contributed by atoms with Gasteiger partial charge in [0.25, 0.3) is 0 Å². The second kappa shape index (κ2) is 10.2. The molecule has 0 atom stereocenters. The van der Waals surface area contributed by atoms with Crippen molar-refractivity contribution in [3.05, 3.63) is 35.9 Å². The number of hydrogen-bond acceptors (Lipinski definition) is 5. The maximum Gasteiger partial charge on any atom is 0.321 e.